The van der Waals surface area contributed by atoms with Crippen LogP contribution in [0.2, 0.25) is 0 Å². The predicted molar refractivity (Wildman–Crippen MR) is 242 cm³/mol. The van der Waals surface area contributed by atoms with Crippen LogP contribution in [0.15, 0.2) is 47.4 Å². The summed E-state index contributed by atoms with van der Waals surface area (Å²) in [5, 5.41) is 0. The van der Waals surface area contributed by atoms with Crippen molar-refractivity contribution in [3.8, 4) is 0 Å². The number of benzene rings is 1. The Bertz CT molecular complexity index is 1310. The van der Waals surface area contributed by atoms with E-state index in [-0.39, 0.29) is 75.7 Å². The summed E-state index contributed by atoms with van der Waals surface area (Å²) in [6.45, 7) is 4.86. The number of carbonyl (C=O) groups is 2. The van der Waals surface area contributed by atoms with Gasteiger partial charge in [0.15, 0.2) is 0 Å². The van der Waals surface area contributed by atoms with E-state index in [1.807, 2.05) is 0 Å². The first-order valence-corrected chi connectivity index (χ1v) is 25.5. The fourth-order valence-electron chi connectivity index (χ4n) is 7.27. The van der Waals surface area contributed by atoms with Crippen LogP contribution in [0.3, 0.4) is 0 Å². The van der Waals surface area contributed by atoms with E-state index in [0.29, 0.717) is 12.8 Å². The molecule has 0 N–H and O–H groups in total. The number of rotatable bonds is 41. The van der Waals surface area contributed by atoms with Crippen molar-refractivity contribution in [2.75, 3.05) is 13.2 Å². The molecule has 0 spiro atoms. The van der Waals surface area contributed by atoms with E-state index in [9.17, 15) is 22.6 Å². The van der Waals surface area contributed by atoms with E-state index in [1.165, 1.54) is 154 Å². The van der Waals surface area contributed by atoms with Crippen LogP contribution in [0.25, 0.3) is 0 Å². The molecule has 0 heterocycles. The molecule has 0 amide bonds. The van der Waals surface area contributed by atoms with Gasteiger partial charge in [-0.25, -0.2) is 18.0 Å². The average molecular weight is 869 g/mol. The fraction of sp³-hybridized carbons (Fsp3) is 0.760. The van der Waals surface area contributed by atoms with Crippen LogP contribution in [0.4, 0.5) is 0 Å². The van der Waals surface area contributed by atoms with Gasteiger partial charge < -0.3 is 14.0 Å². The van der Waals surface area contributed by atoms with Crippen LogP contribution in [-0.4, -0.2) is 38.1 Å². The summed E-state index contributed by atoms with van der Waals surface area (Å²) in [6, 6.07) is 3.12. The quantitative estimate of drug-likeness (QED) is 0.0212. The van der Waals surface area contributed by atoms with Gasteiger partial charge in [0.05, 0.1) is 29.2 Å². The molecule has 0 unspecified atom stereocenters. The smallest absolute Gasteiger partial charge is 0.744 e. The summed E-state index contributed by atoms with van der Waals surface area (Å²) in [4.78, 5) is 25.3. The third-order valence-electron chi connectivity index (χ3n) is 11.0. The summed E-state index contributed by atoms with van der Waals surface area (Å²) >= 11 is 0. The molecule has 1 aromatic rings. The number of unbranched alkanes of at least 4 members (excludes halogenated alkanes) is 30. The van der Waals surface area contributed by atoms with Gasteiger partial charge in [0.25, 0.3) is 0 Å². The molecule has 59 heavy (non-hydrogen) atoms. The number of carbonyl (C=O) groups excluding carboxylic acids is 2. The van der Waals surface area contributed by atoms with Gasteiger partial charge in [-0.3, -0.25) is 0 Å². The topological polar surface area (TPSA) is 110 Å². The van der Waals surface area contributed by atoms with Crippen LogP contribution in [0.1, 0.15) is 253 Å². The Labute approximate surface area is 405 Å². The Morgan fingerprint density at radius 1 is 0.458 bits per heavy atom. The van der Waals surface area contributed by atoms with Gasteiger partial charge in [0.1, 0.15) is 10.1 Å². The van der Waals surface area contributed by atoms with E-state index in [1.54, 1.807) is 0 Å². The molecule has 1 rings (SSSR count). The van der Waals surface area contributed by atoms with E-state index in [0.717, 1.165) is 69.6 Å². The van der Waals surface area contributed by atoms with Gasteiger partial charge in [-0.1, -0.05) is 179 Å². The van der Waals surface area contributed by atoms with Crippen LogP contribution >= 0.6 is 0 Å². The van der Waals surface area contributed by atoms with Crippen molar-refractivity contribution in [3.63, 3.8) is 0 Å². The van der Waals surface area contributed by atoms with Crippen molar-refractivity contribution >= 4 is 22.1 Å². The van der Waals surface area contributed by atoms with Crippen LogP contribution in [0.5, 0.6) is 0 Å². The molecule has 0 radical (unpaired) electrons. The van der Waals surface area contributed by atoms with Gasteiger partial charge in [0, 0.05) is 0 Å². The first kappa shape index (κ1) is 58.2. The Hall–Kier alpha value is -0.814. The van der Waals surface area contributed by atoms with Crippen LogP contribution < -0.4 is 51.4 Å². The zero-order valence-corrected chi connectivity index (χ0v) is 42.2. The first-order valence-electron chi connectivity index (χ1n) is 24.0. The number of allylic oxidation sites excluding steroid dienone is 4. The van der Waals surface area contributed by atoms with Gasteiger partial charge in [-0.2, -0.15) is 0 Å². The molecule has 334 valence electrons. The van der Waals surface area contributed by atoms with Crippen molar-refractivity contribution in [2.45, 2.75) is 237 Å². The molecular weight excluding hydrogens is 784 g/mol. The molecule has 0 fully saturated rings. The maximum absolute atomic E-state index is 13.0. The zero-order chi connectivity index (χ0) is 42.2. The van der Waals surface area contributed by atoms with Crippen molar-refractivity contribution in [1.29, 1.82) is 0 Å². The molecule has 0 aliphatic carbocycles. The van der Waals surface area contributed by atoms with Crippen LogP contribution in [-0.2, 0) is 19.6 Å². The van der Waals surface area contributed by atoms with Crippen molar-refractivity contribution < 1.29 is 83.4 Å². The number of ether oxygens (including phenoxy) is 2. The third kappa shape index (κ3) is 35.4. The molecule has 0 aromatic heterocycles. The molecule has 1 aromatic carbocycles. The molecule has 0 aliphatic heterocycles. The molecular formula is C50H85KO7S. The molecule has 0 aliphatic rings. The second kappa shape index (κ2) is 42.5. The van der Waals surface area contributed by atoms with Gasteiger partial charge >= 0.3 is 63.3 Å². The fourth-order valence-corrected chi connectivity index (χ4v) is 7.77. The average Bonchev–Trinajstić information content (AvgIpc) is 3.21. The second-order valence-corrected chi connectivity index (χ2v) is 17.8. The van der Waals surface area contributed by atoms with Gasteiger partial charge in [-0.15, -0.1) is 0 Å². The summed E-state index contributed by atoms with van der Waals surface area (Å²) in [7, 11) is -4.83. The maximum atomic E-state index is 13.0. The van der Waals surface area contributed by atoms with Gasteiger partial charge in [0.2, 0.25) is 0 Å². The third-order valence-corrected chi connectivity index (χ3v) is 11.8. The first-order chi connectivity index (χ1) is 28.3. The molecule has 0 saturated carbocycles. The number of hydrogen-bond acceptors (Lipinski definition) is 7. The summed E-state index contributed by atoms with van der Waals surface area (Å²) in [5.41, 5.74) is -0.364. The van der Waals surface area contributed by atoms with E-state index in [4.69, 9.17) is 9.47 Å². The summed E-state index contributed by atoms with van der Waals surface area (Å²) in [5.74, 6) is -1.57. The molecule has 0 atom stereocenters. The minimum Gasteiger partial charge on any atom is -0.744 e. The Kier molecular flexibility index (Phi) is 41.9. The number of esters is 2. The van der Waals surface area contributed by atoms with Crippen molar-refractivity contribution in [2.24, 2.45) is 0 Å². The maximum Gasteiger partial charge on any atom is 1.00 e. The zero-order valence-electron chi connectivity index (χ0n) is 38.3. The predicted octanol–water partition coefficient (Wildman–Crippen LogP) is 12.3. The van der Waals surface area contributed by atoms with E-state index < -0.39 is 27.0 Å². The monoisotopic (exact) mass is 869 g/mol. The van der Waals surface area contributed by atoms with E-state index >= 15 is 0 Å². The second-order valence-electron chi connectivity index (χ2n) is 16.4. The minimum atomic E-state index is -4.83. The summed E-state index contributed by atoms with van der Waals surface area (Å²) < 4.78 is 45.8. The molecule has 0 bridgehead atoms. The normalized spacial score (nSPS) is 11.7. The SMILES string of the molecule is CCCCCCCCCCCCCC/C=C/CCCCCOC(=O)c1ccc(S(=O)(=O)[O-])cc1C(=O)OCCCCC/C=C/CCCCCCCCCCCCCC.[K+]. The van der Waals surface area contributed by atoms with E-state index in [2.05, 4.69) is 38.2 Å². The summed E-state index contributed by atoms with van der Waals surface area (Å²) in [6.07, 6.45) is 50.9. The van der Waals surface area contributed by atoms with Crippen molar-refractivity contribution in [1.82, 2.24) is 0 Å². The minimum absolute atomic E-state index is 0. The largest absolute Gasteiger partial charge is 1.00 e. The number of hydrogen-bond donors (Lipinski definition) is 0. The molecule has 7 nitrogen and oxygen atoms in total. The van der Waals surface area contributed by atoms with Crippen LogP contribution in [0, 0.1) is 0 Å². The Morgan fingerprint density at radius 2 is 0.746 bits per heavy atom. The standard InChI is InChI=1S/C50H86O7S.K/c1-3-5-7-9-11-13-15-17-19-21-23-25-27-29-31-33-35-37-39-43-56-49(51)47-42-41-46(58(53,54)55)45-48(47)50(52)57-44-40-38-36-34-32-30-28-26-24-22-20-18-16-14-12-10-8-6-4-2;/h29-32,41-42,45H,3-28,33-40,43-44H2,1-2H3,(H,53,54,55);/q;+1/p-1/b31-29+,32-30+;. The van der Waals surface area contributed by atoms with Crippen molar-refractivity contribution in [3.05, 3.63) is 53.6 Å². The Balaban J connectivity index is 0.0000336. The Morgan fingerprint density at radius 3 is 1.07 bits per heavy atom. The molecule has 0 saturated heterocycles. The molecule has 9 heteroatoms. The van der Waals surface area contributed by atoms with Gasteiger partial charge in [-0.05, 0) is 95.2 Å².